The number of nitrogens with zero attached hydrogens (tertiary/aromatic N) is 2. The van der Waals surface area contributed by atoms with Crippen molar-refractivity contribution >= 4 is 62.5 Å². The predicted octanol–water partition coefficient (Wildman–Crippen LogP) is 7.24. The average molecular weight is 747 g/mol. The zero-order valence-corrected chi connectivity index (χ0v) is 29.6. The average Bonchev–Trinajstić information content (AvgIpc) is 3.29. The molecule has 1 aliphatic heterocycles. The molecule has 2 heterocycles. The van der Waals surface area contributed by atoms with Crippen molar-refractivity contribution in [3.05, 3.63) is 117 Å². The van der Waals surface area contributed by atoms with Crippen molar-refractivity contribution in [3.8, 4) is 17.2 Å². The Morgan fingerprint density at radius 1 is 1.11 bits per heavy atom. The summed E-state index contributed by atoms with van der Waals surface area (Å²) in [5.41, 5.74) is 2.46. The van der Waals surface area contributed by atoms with E-state index < -0.39 is 12.0 Å². The van der Waals surface area contributed by atoms with Gasteiger partial charge in [-0.05, 0) is 97.2 Å². The van der Waals surface area contributed by atoms with Crippen molar-refractivity contribution in [2.24, 2.45) is 4.99 Å². The van der Waals surface area contributed by atoms with Crippen LogP contribution in [0.5, 0.6) is 17.2 Å². The molecule has 0 radical (unpaired) electrons. The number of halogens is 3. The van der Waals surface area contributed by atoms with Gasteiger partial charge in [0.25, 0.3) is 5.56 Å². The Morgan fingerprint density at radius 3 is 2.59 bits per heavy atom. The molecule has 240 valence electrons. The summed E-state index contributed by atoms with van der Waals surface area (Å²) in [6.07, 6.45) is 1.63. The molecule has 0 fully saturated rings. The molecule has 0 spiro atoms. The standard InChI is InChI=1S/C34H31BrCl2N2O6S/c1-6-43-33(41)29-19(4)38-34-39(30(29)21-10-11-26(45-18(2)3)27(14-21)42-5)32(40)28(46-34)15-22-13-24(37)16-25(35)31(22)44-17-20-8-7-9-23(36)12-20/h7-16,18,30H,6,17H2,1-5H3/b28-15+/t30-/m0/s1. The minimum atomic E-state index is -0.830. The van der Waals surface area contributed by atoms with Crippen LogP contribution in [0.25, 0.3) is 6.08 Å². The second-order valence-corrected chi connectivity index (χ2v) is 13.3. The summed E-state index contributed by atoms with van der Waals surface area (Å²) in [4.78, 5) is 32.7. The minimum absolute atomic E-state index is 0.0828. The molecule has 0 unspecified atom stereocenters. The van der Waals surface area contributed by atoms with Gasteiger partial charge in [-0.25, -0.2) is 9.79 Å². The molecule has 5 rings (SSSR count). The van der Waals surface area contributed by atoms with Crippen LogP contribution < -0.4 is 29.1 Å². The molecule has 1 aromatic heterocycles. The molecule has 3 aromatic carbocycles. The largest absolute Gasteiger partial charge is 0.493 e. The number of hydrogen-bond donors (Lipinski definition) is 0. The van der Waals surface area contributed by atoms with Gasteiger partial charge in [-0.15, -0.1) is 0 Å². The number of carbonyl (C=O) groups is 1. The lowest BCUT2D eigenvalue weighted by Gasteiger charge is -2.25. The number of methoxy groups -OCH3 is 1. The van der Waals surface area contributed by atoms with Crippen molar-refractivity contribution in [2.45, 2.75) is 46.4 Å². The number of thiazole rings is 1. The fraction of sp³-hybridized carbons (Fsp3) is 0.265. The van der Waals surface area contributed by atoms with Gasteiger partial charge in [0, 0.05) is 15.6 Å². The Labute approximate surface area is 288 Å². The number of fused-ring (bicyclic) bond motifs is 1. The molecule has 46 heavy (non-hydrogen) atoms. The van der Waals surface area contributed by atoms with Gasteiger partial charge in [-0.2, -0.15) is 0 Å². The highest BCUT2D eigenvalue weighted by molar-refractivity contribution is 9.10. The molecular weight excluding hydrogens is 715 g/mol. The molecule has 0 amide bonds. The first-order chi connectivity index (χ1) is 22.0. The molecule has 0 aliphatic carbocycles. The quantitative estimate of drug-likeness (QED) is 0.159. The molecule has 0 saturated heterocycles. The van der Waals surface area contributed by atoms with E-state index in [1.165, 1.54) is 15.9 Å². The third kappa shape index (κ3) is 7.20. The molecule has 12 heteroatoms. The topological polar surface area (TPSA) is 88.4 Å². The van der Waals surface area contributed by atoms with Gasteiger partial charge in [-0.3, -0.25) is 9.36 Å². The van der Waals surface area contributed by atoms with E-state index in [2.05, 4.69) is 20.9 Å². The number of aromatic nitrogens is 1. The van der Waals surface area contributed by atoms with E-state index >= 15 is 0 Å². The number of esters is 1. The molecule has 4 aromatic rings. The Bertz CT molecular complexity index is 2020. The molecular formula is C34H31BrCl2N2O6S. The summed E-state index contributed by atoms with van der Waals surface area (Å²) in [6, 6.07) is 15.4. The van der Waals surface area contributed by atoms with Gasteiger partial charge in [0.05, 0.1) is 46.1 Å². The lowest BCUT2D eigenvalue weighted by Crippen LogP contribution is -2.40. The van der Waals surface area contributed by atoms with Gasteiger partial charge in [0.2, 0.25) is 0 Å². The molecule has 0 bridgehead atoms. The lowest BCUT2D eigenvalue weighted by atomic mass is 9.95. The summed E-state index contributed by atoms with van der Waals surface area (Å²) >= 11 is 17.4. The Morgan fingerprint density at radius 2 is 1.89 bits per heavy atom. The summed E-state index contributed by atoms with van der Waals surface area (Å²) < 4.78 is 25.7. The van der Waals surface area contributed by atoms with E-state index in [-0.39, 0.29) is 30.5 Å². The second kappa shape index (κ2) is 14.5. The van der Waals surface area contributed by atoms with Crippen molar-refractivity contribution in [3.63, 3.8) is 0 Å². The van der Waals surface area contributed by atoms with Crippen LogP contribution in [0.4, 0.5) is 0 Å². The van der Waals surface area contributed by atoms with Gasteiger partial charge in [0.1, 0.15) is 12.4 Å². The fourth-order valence-corrected chi connectivity index (χ4v) is 7.27. The molecule has 1 aliphatic rings. The number of carbonyl (C=O) groups excluding carboxylic acids is 1. The van der Waals surface area contributed by atoms with Crippen LogP contribution >= 0.6 is 50.5 Å². The molecule has 8 nitrogen and oxygen atoms in total. The fourth-order valence-electron chi connectivity index (χ4n) is 5.08. The highest BCUT2D eigenvalue weighted by Gasteiger charge is 2.34. The lowest BCUT2D eigenvalue weighted by molar-refractivity contribution is -0.139. The van der Waals surface area contributed by atoms with Crippen molar-refractivity contribution in [1.82, 2.24) is 4.57 Å². The first-order valence-corrected chi connectivity index (χ1v) is 16.8. The third-order valence-corrected chi connectivity index (χ3v) is 9.00. The van der Waals surface area contributed by atoms with Gasteiger partial charge in [0.15, 0.2) is 16.3 Å². The Balaban J connectivity index is 1.66. The number of rotatable bonds is 10. The SMILES string of the molecule is CCOC(=O)C1=C(C)N=c2s/c(=C/c3cc(Cl)cc(Br)c3OCc3cccc(Cl)c3)c(=O)n2[C@H]1c1ccc(OC(C)C)c(OC)c1. The normalized spacial score (nSPS) is 14.6. The minimum Gasteiger partial charge on any atom is -0.493 e. The van der Waals surface area contributed by atoms with Crippen molar-refractivity contribution in [2.75, 3.05) is 13.7 Å². The monoisotopic (exact) mass is 744 g/mol. The molecule has 1 atom stereocenters. The summed E-state index contributed by atoms with van der Waals surface area (Å²) in [6.45, 7) is 7.71. The van der Waals surface area contributed by atoms with E-state index in [1.807, 2.05) is 38.1 Å². The number of hydrogen-bond acceptors (Lipinski definition) is 8. The summed E-state index contributed by atoms with van der Waals surface area (Å²) in [5, 5.41) is 1.06. The van der Waals surface area contributed by atoms with Gasteiger partial charge in [-0.1, -0.05) is 52.7 Å². The van der Waals surface area contributed by atoms with E-state index in [0.29, 0.717) is 57.9 Å². The summed E-state index contributed by atoms with van der Waals surface area (Å²) in [7, 11) is 1.54. The maximum Gasteiger partial charge on any atom is 0.338 e. The highest BCUT2D eigenvalue weighted by Crippen LogP contribution is 2.37. The van der Waals surface area contributed by atoms with E-state index in [9.17, 15) is 9.59 Å². The van der Waals surface area contributed by atoms with Crippen LogP contribution in [0.15, 0.2) is 80.1 Å². The molecule has 0 N–H and O–H groups in total. The number of benzene rings is 3. The Hall–Kier alpha value is -3.57. The zero-order valence-electron chi connectivity index (χ0n) is 25.7. The van der Waals surface area contributed by atoms with Gasteiger partial charge < -0.3 is 18.9 Å². The highest BCUT2D eigenvalue weighted by atomic mass is 79.9. The number of allylic oxidation sites excluding steroid dienone is 1. The van der Waals surface area contributed by atoms with Crippen LogP contribution in [-0.4, -0.2) is 30.4 Å². The van der Waals surface area contributed by atoms with E-state index in [1.54, 1.807) is 57.4 Å². The van der Waals surface area contributed by atoms with Crippen LogP contribution in [0.1, 0.15) is 50.4 Å². The number of ether oxygens (including phenoxy) is 4. The first kappa shape index (κ1) is 33.8. The van der Waals surface area contributed by atoms with Gasteiger partial charge >= 0.3 is 5.97 Å². The molecule has 0 saturated carbocycles. The third-order valence-electron chi connectivity index (χ3n) is 6.98. The Kier molecular flexibility index (Phi) is 10.6. The van der Waals surface area contributed by atoms with E-state index in [0.717, 1.165) is 5.56 Å². The summed E-state index contributed by atoms with van der Waals surface area (Å²) in [5.74, 6) is 0.959. The maximum absolute atomic E-state index is 14.3. The predicted molar refractivity (Wildman–Crippen MR) is 184 cm³/mol. The first-order valence-electron chi connectivity index (χ1n) is 14.4. The van der Waals surface area contributed by atoms with Crippen molar-refractivity contribution < 1.29 is 23.7 Å². The van der Waals surface area contributed by atoms with Crippen molar-refractivity contribution in [1.29, 1.82) is 0 Å². The zero-order chi connectivity index (χ0) is 33.1. The second-order valence-electron chi connectivity index (χ2n) is 10.6. The van der Waals surface area contributed by atoms with Crippen LogP contribution in [-0.2, 0) is 16.1 Å². The van der Waals surface area contributed by atoms with E-state index in [4.69, 9.17) is 42.1 Å². The van der Waals surface area contributed by atoms with Crippen LogP contribution in [0.3, 0.4) is 0 Å². The smallest absolute Gasteiger partial charge is 0.338 e. The maximum atomic E-state index is 14.3. The van der Waals surface area contributed by atoms with Crippen LogP contribution in [0.2, 0.25) is 10.0 Å². The van der Waals surface area contributed by atoms with Crippen LogP contribution in [0, 0.1) is 0 Å².